The van der Waals surface area contributed by atoms with Gasteiger partial charge in [-0.3, -0.25) is 0 Å². The minimum atomic E-state index is -3.10. The second kappa shape index (κ2) is 7.21. The monoisotopic (exact) mass is 252 g/mol. The van der Waals surface area contributed by atoms with Gasteiger partial charge in [-0.2, -0.15) is 0 Å². The van der Waals surface area contributed by atoms with Crippen LogP contribution in [0.25, 0.3) is 0 Å². The highest BCUT2D eigenvalue weighted by molar-refractivity contribution is 7.89. The van der Waals surface area contributed by atoms with E-state index in [1.165, 1.54) is 4.31 Å². The van der Waals surface area contributed by atoms with Crippen LogP contribution in [0.15, 0.2) is 0 Å². The molecule has 1 N–H and O–H groups in total. The Labute approximate surface area is 99.2 Å². The molecule has 5 nitrogen and oxygen atoms in total. The van der Waals surface area contributed by atoms with Gasteiger partial charge in [0.2, 0.25) is 10.0 Å². The fraction of sp³-hybridized carbons (Fsp3) is 1.00. The zero-order valence-electron chi connectivity index (χ0n) is 10.9. The third-order valence-electron chi connectivity index (χ3n) is 2.47. The fourth-order valence-corrected chi connectivity index (χ4v) is 1.96. The summed E-state index contributed by atoms with van der Waals surface area (Å²) in [5, 5.41) is 3.20. The number of hydrogen-bond acceptors (Lipinski definition) is 4. The highest BCUT2D eigenvalue weighted by Crippen LogP contribution is 2.02. The van der Waals surface area contributed by atoms with Gasteiger partial charge in [0.15, 0.2) is 0 Å². The molecule has 1 atom stereocenters. The zero-order chi connectivity index (χ0) is 12.8. The standard InChI is InChI=1S/C10H24N2O3S/c1-9(2)10(8-15-5)11-6-7-16(13,14)12(3)4/h9-11H,6-8H2,1-5H3. The molecule has 98 valence electrons. The summed E-state index contributed by atoms with van der Waals surface area (Å²) >= 11 is 0. The molecule has 1 unspecified atom stereocenters. The van der Waals surface area contributed by atoms with E-state index in [1.807, 2.05) is 0 Å². The Bertz CT molecular complexity index is 276. The molecule has 0 radical (unpaired) electrons. The molecule has 0 aliphatic carbocycles. The normalized spacial score (nSPS) is 14.7. The van der Waals surface area contributed by atoms with Gasteiger partial charge in [-0.1, -0.05) is 13.8 Å². The molecular formula is C10H24N2O3S. The lowest BCUT2D eigenvalue weighted by molar-refractivity contribution is 0.148. The van der Waals surface area contributed by atoms with Crippen molar-refractivity contribution in [1.29, 1.82) is 0 Å². The van der Waals surface area contributed by atoms with E-state index in [-0.39, 0.29) is 11.8 Å². The van der Waals surface area contributed by atoms with Crippen molar-refractivity contribution in [2.75, 3.05) is 40.1 Å². The molecule has 0 fully saturated rings. The number of sulfonamides is 1. The third kappa shape index (κ3) is 5.79. The van der Waals surface area contributed by atoms with Gasteiger partial charge >= 0.3 is 0 Å². The van der Waals surface area contributed by atoms with Crippen molar-refractivity contribution in [2.45, 2.75) is 19.9 Å². The molecule has 0 bridgehead atoms. The van der Waals surface area contributed by atoms with Crippen molar-refractivity contribution in [2.24, 2.45) is 5.92 Å². The first kappa shape index (κ1) is 15.8. The van der Waals surface area contributed by atoms with Crippen molar-refractivity contribution in [3.63, 3.8) is 0 Å². The molecule has 0 rings (SSSR count). The highest BCUT2D eigenvalue weighted by atomic mass is 32.2. The average Bonchev–Trinajstić information content (AvgIpc) is 2.15. The summed E-state index contributed by atoms with van der Waals surface area (Å²) < 4.78 is 29.3. The van der Waals surface area contributed by atoms with Crippen LogP contribution >= 0.6 is 0 Å². The summed E-state index contributed by atoms with van der Waals surface area (Å²) in [5.41, 5.74) is 0. The number of methoxy groups -OCH3 is 1. The van der Waals surface area contributed by atoms with Gasteiger partial charge in [0.1, 0.15) is 0 Å². The molecule has 0 aromatic rings. The van der Waals surface area contributed by atoms with Gasteiger partial charge in [0.05, 0.1) is 12.4 Å². The Kier molecular flexibility index (Phi) is 7.14. The number of nitrogens with zero attached hydrogens (tertiary/aromatic N) is 1. The predicted molar refractivity (Wildman–Crippen MR) is 66.0 cm³/mol. The summed E-state index contributed by atoms with van der Waals surface area (Å²) in [7, 11) is 1.63. The molecule has 0 heterocycles. The maximum Gasteiger partial charge on any atom is 0.214 e. The van der Waals surface area contributed by atoms with Crippen molar-refractivity contribution < 1.29 is 13.2 Å². The summed E-state index contributed by atoms with van der Waals surface area (Å²) in [5.74, 6) is 0.537. The second-order valence-corrected chi connectivity index (χ2v) is 6.66. The van der Waals surface area contributed by atoms with E-state index in [4.69, 9.17) is 4.74 Å². The maximum atomic E-state index is 11.5. The Morgan fingerprint density at radius 1 is 1.31 bits per heavy atom. The lowest BCUT2D eigenvalue weighted by Crippen LogP contribution is -2.41. The first-order chi connectivity index (χ1) is 7.31. The van der Waals surface area contributed by atoms with Gasteiger partial charge in [0, 0.05) is 33.8 Å². The fourth-order valence-electron chi connectivity index (χ4n) is 1.22. The van der Waals surface area contributed by atoms with E-state index in [2.05, 4.69) is 19.2 Å². The molecule has 0 spiro atoms. The quantitative estimate of drug-likeness (QED) is 0.667. The number of nitrogens with one attached hydrogen (secondary N) is 1. The predicted octanol–water partition coefficient (Wildman–Crippen LogP) is 0.138. The van der Waals surface area contributed by atoms with Gasteiger partial charge < -0.3 is 10.1 Å². The Morgan fingerprint density at radius 3 is 2.25 bits per heavy atom. The SMILES string of the molecule is COCC(NCCS(=O)(=O)N(C)C)C(C)C. The molecule has 0 saturated heterocycles. The van der Waals surface area contributed by atoms with E-state index < -0.39 is 10.0 Å². The Hall–Kier alpha value is -0.170. The van der Waals surface area contributed by atoms with Crippen LogP contribution in [0.4, 0.5) is 0 Å². The summed E-state index contributed by atoms with van der Waals surface area (Å²) in [4.78, 5) is 0. The average molecular weight is 252 g/mol. The maximum absolute atomic E-state index is 11.5. The van der Waals surface area contributed by atoms with Crippen LogP contribution in [0.2, 0.25) is 0 Å². The first-order valence-electron chi connectivity index (χ1n) is 5.43. The van der Waals surface area contributed by atoms with E-state index >= 15 is 0 Å². The molecule has 0 amide bonds. The molecule has 0 aromatic carbocycles. The van der Waals surface area contributed by atoms with Gasteiger partial charge in [0.25, 0.3) is 0 Å². The topological polar surface area (TPSA) is 58.6 Å². The van der Waals surface area contributed by atoms with E-state index in [9.17, 15) is 8.42 Å². The molecule has 0 aliphatic rings. The van der Waals surface area contributed by atoms with Gasteiger partial charge in [-0.15, -0.1) is 0 Å². The summed E-state index contributed by atoms with van der Waals surface area (Å²) in [6.45, 7) is 5.21. The molecule has 0 saturated carbocycles. The van der Waals surface area contributed by atoms with E-state index in [0.29, 0.717) is 19.1 Å². The van der Waals surface area contributed by atoms with Gasteiger partial charge in [-0.25, -0.2) is 12.7 Å². The van der Waals surface area contributed by atoms with Crippen LogP contribution in [0.5, 0.6) is 0 Å². The molecule has 0 aromatic heterocycles. The number of rotatable bonds is 8. The van der Waals surface area contributed by atoms with Crippen molar-refractivity contribution in [3.8, 4) is 0 Å². The van der Waals surface area contributed by atoms with Gasteiger partial charge in [-0.05, 0) is 5.92 Å². The highest BCUT2D eigenvalue weighted by Gasteiger charge is 2.16. The summed E-state index contributed by atoms with van der Waals surface area (Å²) in [6.07, 6.45) is 0. The molecular weight excluding hydrogens is 228 g/mol. The lowest BCUT2D eigenvalue weighted by Gasteiger charge is -2.22. The van der Waals surface area contributed by atoms with Crippen molar-refractivity contribution >= 4 is 10.0 Å². The lowest BCUT2D eigenvalue weighted by atomic mass is 10.1. The smallest absolute Gasteiger partial charge is 0.214 e. The van der Waals surface area contributed by atoms with E-state index in [1.54, 1.807) is 21.2 Å². The van der Waals surface area contributed by atoms with Crippen molar-refractivity contribution in [3.05, 3.63) is 0 Å². The Balaban J connectivity index is 4.04. The molecule has 0 aliphatic heterocycles. The van der Waals surface area contributed by atoms with Crippen LogP contribution in [0.1, 0.15) is 13.8 Å². The molecule has 16 heavy (non-hydrogen) atoms. The van der Waals surface area contributed by atoms with Crippen LogP contribution < -0.4 is 5.32 Å². The van der Waals surface area contributed by atoms with Crippen LogP contribution in [0, 0.1) is 5.92 Å². The minimum Gasteiger partial charge on any atom is -0.383 e. The number of hydrogen-bond donors (Lipinski definition) is 1. The van der Waals surface area contributed by atoms with Crippen molar-refractivity contribution in [1.82, 2.24) is 9.62 Å². The Morgan fingerprint density at radius 2 is 1.88 bits per heavy atom. The largest absolute Gasteiger partial charge is 0.383 e. The van der Waals surface area contributed by atoms with Crippen LogP contribution in [-0.2, 0) is 14.8 Å². The first-order valence-corrected chi connectivity index (χ1v) is 7.04. The second-order valence-electron chi connectivity index (χ2n) is 4.36. The minimum absolute atomic E-state index is 0.118. The van der Waals surface area contributed by atoms with Crippen LogP contribution in [-0.4, -0.2) is 58.9 Å². The van der Waals surface area contributed by atoms with Crippen LogP contribution in [0.3, 0.4) is 0 Å². The third-order valence-corrected chi connectivity index (χ3v) is 4.31. The zero-order valence-corrected chi connectivity index (χ0v) is 11.7. The molecule has 6 heteroatoms. The van der Waals surface area contributed by atoms with E-state index in [0.717, 1.165) is 0 Å². The summed E-state index contributed by atoms with van der Waals surface area (Å²) in [6, 6.07) is 0.197. The number of ether oxygens (including phenoxy) is 1.